The summed E-state index contributed by atoms with van der Waals surface area (Å²) in [6.07, 6.45) is 1.68. The van der Waals surface area contributed by atoms with E-state index < -0.39 is 6.17 Å². The van der Waals surface area contributed by atoms with Crippen LogP contribution in [0.2, 0.25) is 0 Å². The highest BCUT2D eigenvalue weighted by molar-refractivity contribution is 6.24. The Hall–Kier alpha value is -6.98. The van der Waals surface area contributed by atoms with Crippen molar-refractivity contribution in [2.75, 3.05) is 0 Å². The largest absolute Gasteiger partial charge is 0.357 e. The SMILES string of the molecule is C1=C(c2nc(-c3ccccc3)nc(-c3ccccc3)n2)NC(c2cc3ccccc3c3ccccc23)N=C1c1cc2ccccc2c2ccccc12. The van der Waals surface area contributed by atoms with E-state index >= 15 is 0 Å². The second-order valence-corrected chi connectivity index (χ2v) is 13.1. The number of hydrogen-bond donors (Lipinski definition) is 1. The number of allylic oxidation sites excluding steroid dienone is 1. The second kappa shape index (κ2) is 12.4. The van der Waals surface area contributed by atoms with Gasteiger partial charge >= 0.3 is 0 Å². The van der Waals surface area contributed by atoms with Crippen LogP contribution in [0.1, 0.15) is 23.1 Å². The third-order valence-corrected chi connectivity index (χ3v) is 9.92. The molecular formula is C47H31N5. The summed E-state index contributed by atoms with van der Waals surface area (Å²) in [5.41, 5.74) is 5.63. The maximum Gasteiger partial charge on any atom is 0.180 e. The number of nitrogens with zero attached hydrogens (tertiary/aromatic N) is 4. The zero-order valence-corrected chi connectivity index (χ0v) is 28.1. The molecule has 244 valence electrons. The molecule has 0 spiro atoms. The molecule has 1 aromatic heterocycles. The van der Waals surface area contributed by atoms with E-state index in [1.165, 1.54) is 26.9 Å². The summed E-state index contributed by atoms with van der Waals surface area (Å²) in [5, 5.41) is 13.3. The van der Waals surface area contributed by atoms with Crippen molar-refractivity contribution in [2.45, 2.75) is 6.17 Å². The Morgan fingerprint density at radius 3 is 1.48 bits per heavy atom. The molecule has 0 fully saturated rings. The van der Waals surface area contributed by atoms with Crippen molar-refractivity contribution >= 4 is 54.5 Å². The molecule has 5 nitrogen and oxygen atoms in total. The maximum atomic E-state index is 5.53. The number of hydrogen-bond acceptors (Lipinski definition) is 5. The van der Waals surface area contributed by atoms with Crippen LogP contribution in [0.25, 0.3) is 71.6 Å². The van der Waals surface area contributed by atoms with Gasteiger partial charge in [-0.1, -0.05) is 158 Å². The van der Waals surface area contributed by atoms with E-state index in [9.17, 15) is 0 Å². The smallest absolute Gasteiger partial charge is 0.180 e. The Kier molecular flexibility index (Phi) is 7.14. The van der Waals surface area contributed by atoms with Crippen molar-refractivity contribution in [1.82, 2.24) is 20.3 Å². The van der Waals surface area contributed by atoms with Gasteiger partial charge in [0.05, 0.1) is 11.4 Å². The molecule has 1 aliphatic heterocycles. The van der Waals surface area contributed by atoms with Gasteiger partial charge in [-0.15, -0.1) is 0 Å². The molecule has 0 bridgehead atoms. The van der Waals surface area contributed by atoms with Crippen LogP contribution >= 0.6 is 0 Å². The minimum atomic E-state index is -0.424. The molecule has 52 heavy (non-hydrogen) atoms. The fourth-order valence-electron chi connectivity index (χ4n) is 7.46. The Morgan fingerprint density at radius 1 is 0.404 bits per heavy atom. The van der Waals surface area contributed by atoms with Gasteiger partial charge in [-0.05, 0) is 61.3 Å². The summed E-state index contributed by atoms with van der Waals surface area (Å²) in [7, 11) is 0. The minimum Gasteiger partial charge on any atom is -0.357 e. The van der Waals surface area contributed by atoms with Gasteiger partial charge in [0, 0.05) is 22.3 Å². The lowest BCUT2D eigenvalue weighted by Gasteiger charge is -2.26. The molecule has 1 aliphatic rings. The molecule has 8 aromatic carbocycles. The first-order valence-corrected chi connectivity index (χ1v) is 17.5. The maximum absolute atomic E-state index is 5.53. The van der Waals surface area contributed by atoms with E-state index in [4.69, 9.17) is 19.9 Å². The minimum absolute atomic E-state index is 0.424. The molecule has 0 saturated heterocycles. The van der Waals surface area contributed by atoms with E-state index in [0.29, 0.717) is 17.5 Å². The third kappa shape index (κ3) is 5.19. The summed E-state index contributed by atoms with van der Waals surface area (Å²) in [5.74, 6) is 1.78. The predicted octanol–water partition coefficient (Wildman–Crippen LogP) is 11.0. The van der Waals surface area contributed by atoms with E-state index in [2.05, 4.69) is 121 Å². The van der Waals surface area contributed by atoms with E-state index in [0.717, 1.165) is 49.8 Å². The molecule has 1 N–H and O–H groups in total. The number of rotatable bonds is 5. The summed E-state index contributed by atoms with van der Waals surface area (Å²) < 4.78 is 0. The molecule has 1 atom stereocenters. The molecule has 0 amide bonds. The number of aromatic nitrogens is 3. The van der Waals surface area contributed by atoms with Crippen LogP contribution in [-0.2, 0) is 0 Å². The molecule has 0 radical (unpaired) electrons. The Labute approximate surface area is 300 Å². The fraction of sp³-hybridized carbons (Fsp3) is 0.0213. The monoisotopic (exact) mass is 665 g/mol. The van der Waals surface area contributed by atoms with Crippen LogP contribution in [0.15, 0.2) is 181 Å². The third-order valence-electron chi connectivity index (χ3n) is 9.92. The fourth-order valence-corrected chi connectivity index (χ4v) is 7.46. The average Bonchev–Trinajstić information content (AvgIpc) is 3.23. The van der Waals surface area contributed by atoms with Crippen LogP contribution in [0.5, 0.6) is 0 Å². The zero-order chi connectivity index (χ0) is 34.4. The Bertz CT molecular complexity index is 2820. The van der Waals surface area contributed by atoms with Crippen molar-refractivity contribution in [2.24, 2.45) is 4.99 Å². The quantitative estimate of drug-likeness (QED) is 0.186. The molecule has 2 heterocycles. The molecule has 0 aliphatic carbocycles. The lowest BCUT2D eigenvalue weighted by molar-refractivity contribution is 0.665. The van der Waals surface area contributed by atoms with Crippen LogP contribution in [-0.4, -0.2) is 20.7 Å². The average molecular weight is 666 g/mol. The van der Waals surface area contributed by atoms with Gasteiger partial charge < -0.3 is 5.32 Å². The highest BCUT2D eigenvalue weighted by Gasteiger charge is 2.25. The number of fused-ring (bicyclic) bond motifs is 6. The van der Waals surface area contributed by atoms with Crippen molar-refractivity contribution in [3.8, 4) is 22.8 Å². The number of benzene rings is 8. The predicted molar refractivity (Wildman–Crippen MR) is 214 cm³/mol. The standard InChI is InChI=1S/C47H31N5/c1-3-15-30(16-4-1)44-50-45(31-17-5-2-6-18-31)52-47(51-44)43-29-42(40-27-32-19-7-9-21-34(32)36-23-11-13-25-38(36)40)48-46(49-43)41-28-33-20-8-10-22-35(33)37-24-12-14-26-39(37)41/h1-29,46,49H. The molecular weight excluding hydrogens is 635 g/mol. The molecule has 5 heteroatoms. The Balaban J connectivity index is 1.24. The Morgan fingerprint density at radius 2 is 0.865 bits per heavy atom. The number of aliphatic imine (C=N–C) groups is 1. The van der Waals surface area contributed by atoms with Crippen molar-refractivity contribution in [3.05, 3.63) is 193 Å². The number of nitrogens with one attached hydrogen (secondary N) is 1. The van der Waals surface area contributed by atoms with Gasteiger partial charge in [-0.2, -0.15) is 0 Å². The van der Waals surface area contributed by atoms with Gasteiger partial charge in [0.1, 0.15) is 6.17 Å². The first kappa shape index (κ1) is 29.9. The highest BCUT2D eigenvalue weighted by atomic mass is 15.1. The van der Waals surface area contributed by atoms with Crippen LogP contribution in [0.3, 0.4) is 0 Å². The van der Waals surface area contributed by atoms with Crippen molar-refractivity contribution in [1.29, 1.82) is 0 Å². The first-order valence-electron chi connectivity index (χ1n) is 17.5. The summed E-state index contributed by atoms with van der Waals surface area (Å²) in [6, 6.07) is 59.1. The van der Waals surface area contributed by atoms with Crippen molar-refractivity contribution in [3.63, 3.8) is 0 Å². The van der Waals surface area contributed by atoms with E-state index in [1.807, 2.05) is 60.7 Å². The zero-order valence-electron chi connectivity index (χ0n) is 28.1. The summed E-state index contributed by atoms with van der Waals surface area (Å²) >= 11 is 0. The highest BCUT2D eigenvalue weighted by Crippen LogP contribution is 2.37. The second-order valence-electron chi connectivity index (χ2n) is 13.1. The molecule has 0 saturated carbocycles. The molecule has 9 aromatic rings. The normalized spacial score (nSPS) is 14.3. The van der Waals surface area contributed by atoms with Crippen molar-refractivity contribution < 1.29 is 0 Å². The molecule has 10 rings (SSSR count). The first-order chi connectivity index (χ1) is 25.8. The summed E-state index contributed by atoms with van der Waals surface area (Å²) in [6.45, 7) is 0. The van der Waals surface area contributed by atoms with E-state index in [-0.39, 0.29) is 0 Å². The van der Waals surface area contributed by atoms with E-state index in [1.54, 1.807) is 0 Å². The van der Waals surface area contributed by atoms with Gasteiger partial charge in [-0.25, -0.2) is 15.0 Å². The van der Waals surface area contributed by atoms with Gasteiger partial charge in [0.15, 0.2) is 17.5 Å². The van der Waals surface area contributed by atoms with Crippen LogP contribution in [0, 0.1) is 0 Å². The van der Waals surface area contributed by atoms with Crippen LogP contribution in [0.4, 0.5) is 0 Å². The molecule has 1 unspecified atom stereocenters. The van der Waals surface area contributed by atoms with Gasteiger partial charge in [0.2, 0.25) is 0 Å². The lowest BCUT2D eigenvalue weighted by Crippen LogP contribution is -2.26. The topological polar surface area (TPSA) is 63.1 Å². The summed E-state index contributed by atoms with van der Waals surface area (Å²) in [4.78, 5) is 20.7. The van der Waals surface area contributed by atoms with Crippen LogP contribution < -0.4 is 5.32 Å². The lowest BCUT2D eigenvalue weighted by atomic mass is 9.92. The van der Waals surface area contributed by atoms with Gasteiger partial charge in [-0.3, -0.25) is 4.99 Å². The van der Waals surface area contributed by atoms with Gasteiger partial charge in [0.25, 0.3) is 0 Å².